The third-order valence-corrected chi connectivity index (χ3v) is 4.02. The van der Waals surface area contributed by atoms with Crippen molar-refractivity contribution in [1.29, 1.82) is 0 Å². The van der Waals surface area contributed by atoms with Crippen LogP contribution in [0.2, 0.25) is 10.0 Å². The molecule has 0 unspecified atom stereocenters. The number of aromatic nitrogens is 3. The summed E-state index contributed by atoms with van der Waals surface area (Å²) in [6.45, 7) is 4.35. The number of halogens is 2. The van der Waals surface area contributed by atoms with E-state index < -0.39 is 0 Å². The number of hydrogen-bond donors (Lipinski definition) is 2. The summed E-state index contributed by atoms with van der Waals surface area (Å²) in [7, 11) is 0. The first-order valence-corrected chi connectivity index (χ1v) is 8.49. The van der Waals surface area contributed by atoms with Crippen molar-refractivity contribution < 1.29 is 4.52 Å². The van der Waals surface area contributed by atoms with E-state index in [9.17, 15) is 0 Å². The Morgan fingerprint density at radius 1 is 1.00 bits per heavy atom. The normalized spacial score (nSPS) is 10.7. The maximum atomic E-state index is 6.19. The summed E-state index contributed by atoms with van der Waals surface area (Å²) >= 11 is 12.1. The lowest BCUT2D eigenvalue weighted by molar-refractivity contribution is 0.400. The smallest absolute Gasteiger partial charge is 0.175 e. The summed E-state index contributed by atoms with van der Waals surface area (Å²) in [4.78, 5) is 8.74. The van der Waals surface area contributed by atoms with E-state index in [2.05, 4.69) is 25.8 Å². The molecule has 130 valence electrons. The van der Waals surface area contributed by atoms with Crippen LogP contribution < -0.4 is 10.6 Å². The number of rotatable bonds is 6. The second-order valence-electron chi connectivity index (χ2n) is 5.55. The topological polar surface area (TPSA) is 75.9 Å². The molecule has 2 aromatic heterocycles. The van der Waals surface area contributed by atoms with E-state index in [4.69, 9.17) is 27.7 Å². The number of nitrogens with zero attached hydrogens (tertiary/aromatic N) is 3. The minimum Gasteiger partial charge on any atom is -0.370 e. The van der Waals surface area contributed by atoms with Gasteiger partial charge in [-0.3, -0.25) is 0 Å². The lowest BCUT2D eigenvalue weighted by Crippen LogP contribution is -2.08. The van der Waals surface area contributed by atoms with Crippen molar-refractivity contribution in [3.63, 3.8) is 0 Å². The van der Waals surface area contributed by atoms with Crippen LogP contribution in [-0.4, -0.2) is 21.7 Å². The minimum atomic E-state index is 0.606. The quantitative estimate of drug-likeness (QED) is 0.643. The summed E-state index contributed by atoms with van der Waals surface area (Å²) in [5.41, 5.74) is 1.03. The molecule has 0 spiro atoms. The molecule has 2 heterocycles. The Bertz CT molecular complexity index is 881. The third kappa shape index (κ3) is 4.84. The third-order valence-electron chi connectivity index (χ3n) is 3.44. The number of nitrogens with one attached hydrogen (secondary N) is 2. The summed E-state index contributed by atoms with van der Waals surface area (Å²) < 4.78 is 5.04. The van der Waals surface area contributed by atoms with E-state index in [0.29, 0.717) is 34.1 Å². The lowest BCUT2D eigenvalue weighted by atomic mass is 10.1. The van der Waals surface area contributed by atoms with E-state index in [-0.39, 0.29) is 0 Å². The van der Waals surface area contributed by atoms with Crippen LogP contribution in [0.25, 0.3) is 0 Å². The molecule has 25 heavy (non-hydrogen) atoms. The van der Waals surface area contributed by atoms with Gasteiger partial charge in [-0.2, -0.15) is 0 Å². The highest BCUT2D eigenvalue weighted by atomic mass is 35.5. The highest BCUT2D eigenvalue weighted by Crippen LogP contribution is 2.22. The van der Waals surface area contributed by atoms with E-state index in [1.807, 2.05) is 32.0 Å². The zero-order chi connectivity index (χ0) is 17.8. The molecule has 0 amide bonds. The van der Waals surface area contributed by atoms with Crippen LogP contribution in [0.3, 0.4) is 0 Å². The summed E-state index contributed by atoms with van der Waals surface area (Å²) in [6.07, 6.45) is 0.754. The van der Waals surface area contributed by atoms with E-state index in [1.54, 1.807) is 12.1 Å². The Morgan fingerprint density at radius 2 is 1.80 bits per heavy atom. The highest BCUT2D eigenvalue weighted by Gasteiger charge is 2.06. The molecular weight excluding hydrogens is 361 g/mol. The van der Waals surface area contributed by atoms with Crippen molar-refractivity contribution in [3.8, 4) is 0 Å². The van der Waals surface area contributed by atoms with Crippen LogP contribution in [0.15, 0.2) is 34.9 Å². The highest BCUT2D eigenvalue weighted by molar-refractivity contribution is 6.35. The summed E-state index contributed by atoms with van der Waals surface area (Å²) in [5.74, 6) is 3.35. The van der Waals surface area contributed by atoms with Crippen molar-refractivity contribution in [2.75, 3.05) is 17.2 Å². The molecule has 0 atom stereocenters. The van der Waals surface area contributed by atoms with Crippen molar-refractivity contribution in [2.24, 2.45) is 0 Å². The predicted octanol–water partition coefficient (Wildman–Crippen LogP) is 4.79. The molecule has 0 saturated heterocycles. The van der Waals surface area contributed by atoms with Crippen LogP contribution in [0, 0.1) is 13.8 Å². The first-order valence-electron chi connectivity index (χ1n) is 7.73. The van der Waals surface area contributed by atoms with E-state index in [1.165, 1.54) is 0 Å². The first-order chi connectivity index (χ1) is 12.0. The second-order valence-corrected chi connectivity index (χ2v) is 6.39. The number of aryl methyl sites for hydroxylation is 2. The Kier molecular flexibility index (Phi) is 5.40. The van der Waals surface area contributed by atoms with Crippen molar-refractivity contribution in [1.82, 2.24) is 15.1 Å². The fourth-order valence-corrected chi connectivity index (χ4v) is 2.83. The van der Waals surface area contributed by atoms with Gasteiger partial charge in [-0.15, -0.1) is 0 Å². The number of anilines is 3. The van der Waals surface area contributed by atoms with Gasteiger partial charge in [0, 0.05) is 28.7 Å². The standard InChI is InChI=1S/C17H17Cl2N5O/c1-10-7-17(24-25-10)23-16-9-15(21-11(2)22-16)20-6-5-12-3-4-13(18)8-14(12)19/h3-4,7-9H,5-6H2,1-2H3,(H2,20,21,22,23,24). The number of hydrogen-bond acceptors (Lipinski definition) is 6. The maximum absolute atomic E-state index is 6.19. The van der Waals surface area contributed by atoms with Gasteiger partial charge < -0.3 is 15.2 Å². The van der Waals surface area contributed by atoms with Gasteiger partial charge in [-0.1, -0.05) is 34.4 Å². The van der Waals surface area contributed by atoms with Gasteiger partial charge in [0.05, 0.1) is 0 Å². The number of benzene rings is 1. The van der Waals surface area contributed by atoms with Crippen LogP contribution in [0.1, 0.15) is 17.1 Å². The molecular formula is C17H17Cl2N5O. The van der Waals surface area contributed by atoms with Crippen LogP contribution in [0.5, 0.6) is 0 Å². The Balaban J connectivity index is 1.64. The van der Waals surface area contributed by atoms with Gasteiger partial charge in [0.25, 0.3) is 0 Å². The average Bonchev–Trinajstić information content (AvgIpc) is 2.94. The molecule has 0 bridgehead atoms. The first kappa shape index (κ1) is 17.5. The van der Waals surface area contributed by atoms with Gasteiger partial charge in [-0.25, -0.2) is 9.97 Å². The van der Waals surface area contributed by atoms with E-state index >= 15 is 0 Å². The molecule has 6 nitrogen and oxygen atoms in total. The maximum Gasteiger partial charge on any atom is 0.175 e. The lowest BCUT2D eigenvalue weighted by Gasteiger charge is -2.10. The van der Waals surface area contributed by atoms with Crippen LogP contribution in [-0.2, 0) is 6.42 Å². The molecule has 3 rings (SSSR count). The van der Waals surface area contributed by atoms with Crippen molar-refractivity contribution >= 4 is 40.7 Å². The molecule has 0 saturated carbocycles. The minimum absolute atomic E-state index is 0.606. The zero-order valence-corrected chi connectivity index (χ0v) is 15.3. The molecule has 1 aromatic carbocycles. The summed E-state index contributed by atoms with van der Waals surface area (Å²) in [5, 5.41) is 11.6. The SMILES string of the molecule is Cc1nc(NCCc2ccc(Cl)cc2Cl)cc(Nc2cc(C)on2)n1. The van der Waals surface area contributed by atoms with Crippen LogP contribution >= 0.6 is 23.2 Å². The second kappa shape index (κ2) is 7.72. The Labute approximate surface area is 155 Å². The zero-order valence-electron chi connectivity index (χ0n) is 13.8. The fraction of sp³-hybridized carbons (Fsp3) is 0.235. The van der Waals surface area contributed by atoms with Gasteiger partial charge in [0.1, 0.15) is 23.2 Å². The fourth-order valence-electron chi connectivity index (χ4n) is 2.33. The van der Waals surface area contributed by atoms with Crippen LogP contribution in [0.4, 0.5) is 17.5 Å². The Hall–Kier alpha value is -2.31. The average molecular weight is 378 g/mol. The van der Waals surface area contributed by atoms with Gasteiger partial charge in [0.15, 0.2) is 5.82 Å². The van der Waals surface area contributed by atoms with Gasteiger partial charge in [0.2, 0.25) is 0 Å². The van der Waals surface area contributed by atoms with Crippen molar-refractivity contribution in [2.45, 2.75) is 20.3 Å². The predicted molar refractivity (Wildman–Crippen MR) is 99.9 cm³/mol. The molecule has 0 fully saturated rings. The van der Waals surface area contributed by atoms with Crippen molar-refractivity contribution in [3.05, 3.63) is 57.5 Å². The molecule has 8 heteroatoms. The monoisotopic (exact) mass is 377 g/mol. The molecule has 0 aliphatic rings. The van der Waals surface area contributed by atoms with Gasteiger partial charge in [-0.05, 0) is 38.0 Å². The molecule has 0 radical (unpaired) electrons. The van der Waals surface area contributed by atoms with E-state index in [0.717, 1.165) is 23.6 Å². The summed E-state index contributed by atoms with van der Waals surface area (Å²) in [6, 6.07) is 9.12. The molecule has 0 aliphatic carbocycles. The largest absolute Gasteiger partial charge is 0.370 e. The molecule has 3 aromatic rings. The van der Waals surface area contributed by atoms with Gasteiger partial charge >= 0.3 is 0 Å². The Morgan fingerprint density at radius 3 is 2.52 bits per heavy atom. The molecule has 2 N–H and O–H groups in total. The molecule has 0 aliphatic heterocycles.